The van der Waals surface area contributed by atoms with Gasteiger partial charge in [-0.3, -0.25) is 4.79 Å². The predicted octanol–water partition coefficient (Wildman–Crippen LogP) is 3.41. The largest absolute Gasteiger partial charge is 0.334 e. The Morgan fingerprint density at radius 1 is 1.23 bits per heavy atom. The van der Waals surface area contributed by atoms with E-state index in [0.717, 1.165) is 31.6 Å². The van der Waals surface area contributed by atoms with E-state index in [2.05, 4.69) is 43.1 Å². The van der Waals surface area contributed by atoms with Gasteiger partial charge in [-0.15, -0.1) is 0 Å². The predicted molar refractivity (Wildman–Crippen MR) is 90.2 cm³/mol. The van der Waals surface area contributed by atoms with Crippen molar-refractivity contribution < 1.29 is 4.79 Å². The molecular weight excluding hydrogens is 272 g/mol. The van der Waals surface area contributed by atoms with Crippen molar-refractivity contribution in [2.24, 2.45) is 5.41 Å². The van der Waals surface area contributed by atoms with Crippen LogP contribution >= 0.6 is 0 Å². The maximum absolute atomic E-state index is 13.3. The third-order valence-corrected chi connectivity index (χ3v) is 4.59. The SMILES string of the molecule is CC(C)(C)CN(C(=O)c1ccccc1C1CC1)[C@H]1CCNC1. The number of nitrogens with zero attached hydrogens (tertiary/aromatic N) is 1. The molecule has 1 aromatic carbocycles. The Kier molecular flexibility index (Phi) is 4.26. The molecule has 0 aromatic heterocycles. The molecule has 0 spiro atoms. The van der Waals surface area contributed by atoms with Gasteiger partial charge in [0, 0.05) is 24.7 Å². The highest BCUT2D eigenvalue weighted by molar-refractivity contribution is 5.96. The summed E-state index contributed by atoms with van der Waals surface area (Å²) in [5.74, 6) is 0.837. The standard InChI is InChI=1S/C19H28N2O/c1-19(2,3)13-21(15-10-11-20-12-15)18(22)17-7-5-4-6-16(17)14-8-9-14/h4-7,14-15,20H,8-13H2,1-3H3/t15-/m0/s1. The molecule has 120 valence electrons. The Bertz CT molecular complexity index is 537. The lowest BCUT2D eigenvalue weighted by atomic mass is 9.93. The number of rotatable bonds is 4. The van der Waals surface area contributed by atoms with Crippen molar-refractivity contribution in [3.63, 3.8) is 0 Å². The Labute approximate surface area is 134 Å². The van der Waals surface area contributed by atoms with Gasteiger partial charge in [0.15, 0.2) is 0 Å². The molecule has 3 heteroatoms. The van der Waals surface area contributed by atoms with Crippen molar-refractivity contribution >= 4 is 5.91 Å². The molecule has 0 unspecified atom stereocenters. The van der Waals surface area contributed by atoms with Crippen molar-refractivity contribution in [2.45, 2.75) is 52.0 Å². The van der Waals surface area contributed by atoms with E-state index in [-0.39, 0.29) is 11.3 Å². The van der Waals surface area contributed by atoms with Crippen molar-refractivity contribution in [1.29, 1.82) is 0 Å². The fourth-order valence-electron chi connectivity index (χ4n) is 3.38. The van der Waals surface area contributed by atoms with Crippen LogP contribution in [0.3, 0.4) is 0 Å². The van der Waals surface area contributed by atoms with Gasteiger partial charge in [-0.25, -0.2) is 0 Å². The highest BCUT2D eigenvalue weighted by Crippen LogP contribution is 2.42. The number of nitrogens with one attached hydrogen (secondary N) is 1. The van der Waals surface area contributed by atoms with E-state index in [1.165, 1.54) is 18.4 Å². The third-order valence-electron chi connectivity index (χ3n) is 4.59. The minimum atomic E-state index is 0.118. The summed E-state index contributed by atoms with van der Waals surface area (Å²) in [5.41, 5.74) is 2.31. The first-order valence-corrected chi connectivity index (χ1v) is 8.56. The average Bonchev–Trinajstić information content (AvgIpc) is 3.18. The normalized spacial score (nSPS) is 21.9. The Hall–Kier alpha value is -1.35. The van der Waals surface area contributed by atoms with Crippen molar-refractivity contribution in [1.82, 2.24) is 10.2 Å². The smallest absolute Gasteiger partial charge is 0.254 e. The van der Waals surface area contributed by atoms with Crippen LogP contribution in [0.15, 0.2) is 24.3 Å². The van der Waals surface area contributed by atoms with Crippen LogP contribution in [-0.4, -0.2) is 36.5 Å². The van der Waals surface area contributed by atoms with Crippen LogP contribution in [0.5, 0.6) is 0 Å². The number of hydrogen-bond donors (Lipinski definition) is 1. The number of carbonyl (C=O) groups excluding carboxylic acids is 1. The van der Waals surface area contributed by atoms with Crippen LogP contribution in [-0.2, 0) is 0 Å². The second-order valence-electron chi connectivity index (χ2n) is 8.00. The quantitative estimate of drug-likeness (QED) is 0.924. The second kappa shape index (κ2) is 6.04. The molecule has 3 nitrogen and oxygen atoms in total. The molecule has 1 aliphatic carbocycles. The maximum Gasteiger partial charge on any atom is 0.254 e. The number of amides is 1. The number of hydrogen-bond acceptors (Lipinski definition) is 2. The fraction of sp³-hybridized carbons (Fsp3) is 0.632. The lowest BCUT2D eigenvalue weighted by Gasteiger charge is -2.35. The molecule has 3 rings (SSSR count). The summed E-state index contributed by atoms with van der Waals surface area (Å²) in [6, 6.07) is 8.57. The molecule has 1 atom stereocenters. The fourth-order valence-corrected chi connectivity index (χ4v) is 3.38. The van der Waals surface area contributed by atoms with Crippen LogP contribution in [0.2, 0.25) is 0 Å². The summed E-state index contributed by atoms with van der Waals surface area (Å²) < 4.78 is 0. The van der Waals surface area contributed by atoms with Gasteiger partial charge in [0.1, 0.15) is 0 Å². The van der Waals surface area contributed by atoms with Gasteiger partial charge in [-0.1, -0.05) is 39.0 Å². The Balaban J connectivity index is 1.88. The first-order valence-electron chi connectivity index (χ1n) is 8.56. The van der Waals surface area contributed by atoms with E-state index >= 15 is 0 Å². The van der Waals surface area contributed by atoms with E-state index in [1.807, 2.05) is 12.1 Å². The van der Waals surface area contributed by atoms with E-state index in [9.17, 15) is 4.79 Å². The zero-order valence-electron chi connectivity index (χ0n) is 14.1. The van der Waals surface area contributed by atoms with Gasteiger partial charge in [-0.2, -0.15) is 0 Å². The van der Waals surface area contributed by atoms with E-state index in [4.69, 9.17) is 0 Å². The van der Waals surface area contributed by atoms with Crippen molar-refractivity contribution in [2.75, 3.05) is 19.6 Å². The van der Waals surface area contributed by atoms with Crippen LogP contribution < -0.4 is 5.32 Å². The Morgan fingerprint density at radius 2 is 1.95 bits per heavy atom. The van der Waals surface area contributed by atoms with Crippen LogP contribution in [0.1, 0.15) is 61.9 Å². The van der Waals surface area contributed by atoms with Gasteiger partial charge in [-0.05, 0) is 48.8 Å². The zero-order valence-corrected chi connectivity index (χ0v) is 14.1. The topological polar surface area (TPSA) is 32.3 Å². The summed E-state index contributed by atoms with van der Waals surface area (Å²) in [7, 11) is 0. The molecule has 0 radical (unpaired) electrons. The summed E-state index contributed by atoms with van der Waals surface area (Å²) in [4.78, 5) is 15.4. The molecular formula is C19H28N2O. The van der Waals surface area contributed by atoms with Gasteiger partial charge < -0.3 is 10.2 Å². The summed E-state index contributed by atoms with van der Waals surface area (Å²) in [5, 5.41) is 3.40. The molecule has 1 N–H and O–H groups in total. The summed E-state index contributed by atoms with van der Waals surface area (Å²) in [6.07, 6.45) is 3.52. The molecule has 2 aliphatic rings. The minimum Gasteiger partial charge on any atom is -0.334 e. The maximum atomic E-state index is 13.3. The molecule has 1 aliphatic heterocycles. The van der Waals surface area contributed by atoms with E-state index in [0.29, 0.717) is 12.0 Å². The summed E-state index contributed by atoms with van der Waals surface area (Å²) in [6.45, 7) is 9.39. The third kappa shape index (κ3) is 3.52. The lowest BCUT2D eigenvalue weighted by Crippen LogP contribution is -2.46. The van der Waals surface area contributed by atoms with Crippen molar-refractivity contribution in [3.8, 4) is 0 Å². The molecule has 1 saturated heterocycles. The van der Waals surface area contributed by atoms with Crippen LogP contribution in [0, 0.1) is 5.41 Å². The molecule has 1 aromatic rings. The monoisotopic (exact) mass is 300 g/mol. The number of carbonyl (C=O) groups is 1. The van der Waals surface area contributed by atoms with Crippen LogP contribution in [0.25, 0.3) is 0 Å². The Morgan fingerprint density at radius 3 is 2.55 bits per heavy atom. The molecule has 0 bridgehead atoms. The number of benzene rings is 1. The molecule has 2 fully saturated rings. The van der Waals surface area contributed by atoms with Gasteiger partial charge in [0.25, 0.3) is 5.91 Å². The minimum absolute atomic E-state index is 0.118. The summed E-state index contributed by atoms with van der Waals surface area (Å²) >= 11 is 0. The second-order valence-corrected chi connectivity index (χ2v) is 8.00. The van der Waals surface area contributed by atoms with E-state index in [1.54, 1.807) is 0 Å². The zero-order chi connectivity index (χ0) is 15.7. The average molecular weight is 300 g/mol. The first-order chi connectivity index (χ1) is 10.5. The van der Waals surface area contributed by atoms with Gasteiger partial charge >= 0.3 is 0 Å². The van der Waals surface area contributed by atoms with E-state index < -0.39 is 0 Å². The molecule has 22 heavy (non-hydrogen) atoms. The first kappa shape index (κ1) is 15.5. The molecule has 1 heterocycles. The highest BCUT2D eigenvalue weighted by Gasteiger charge is 2.34. The highest BCUT2D eigenvalue weighted by atomic mass is 16.2. The molecule has 1 saturated carbocycles. The lowest BCUT2D eigenvalue weighted by molar-refractivity contribution is 0.0614. The van der Waals surface area contributed by atoms with Crippen molar-refractivity contribution in [3.05, 3.63) is 35.4 Å². The molecule has 1 amide bonds. The van der Waals surface area contributed by atoms with Gasteiger partial charge in [0.2, 0.25) is 0 Å². The van der Waals surface area contributed by atoms with Crippen LogP contribution in [0.4, 0.5) is 0 Å². The van der Waals surface area contributed by atoms with Gasteiger partial charge in [0.05, 0.1) is 0 Å².